The highest BCUT2D eigenvalue weighted by Crippen LogP contribution is 2.43. The molecule has 3 aromatic rings. The van der Waals surface area contributed by atoms with Crippen LogP contribution < -0.4 is 10.1 Å². The van der Waals surface area contributed by atoms with Crippen LogP contribution in [0.3, 0.4) is 0 Å². The molecule has 2 saturated heterocycles. The number of aliphatic hydroxyl groups is 1. The van der Waals surface area contributed by atoms with Crippen molar-refractivity contribution in [1.82, 2.24) is 24.9 Å². The molecule has 4 heterocycles. The maximum Gasteiger partial charge on any atom is 0.416 e. The van der Waals surface area contributed by atoms with E-state index >= 15 is 8.78 Å². The lowest BCUT2D eigenvalue weighted by molar-refractivity contribution is -0.160. The van der Waals surface area contributed by atoms with Gasteiger partial charge in [-0.25, -0.2) is 19.4 Å². The molecule has 2 fully saturated rings. The van der Waals surface area contributed by atoms with Crippen molar-refractivity contribution >= 4 is 29.3 Å². The lowest BCUT2D eigenvalue weighted by atomic mass is 9.90. The van der Waals surface area contributed by atoms with Crippen molar-refractivity contribution in [2.75, 3.05) is 57.6 Å². The van der Waals surface area contributed by atoms with E-state index in [-0.39, 0.29) is 41.3 Å². The highest BCUT2D eigenvalue weighted by atomic mass is 32.2. The second-order valence-electron chi connectivity index (χ2n) is 12.4. The van der Waals surface area contributed by atoms with Crippen LogP contribution in [-0.2, 0) is 27.0 Å². The first-order chi connectivity index (χ1) is 24.3. The molecule has 0 bridgehead atoms. The summed E-state index contributed by atoms with van der Waals surface area (Å²) >= 11 is 1.22. The fraction of sp³-hybridized carbons (Fsp3) is 0.412. The van der Waals surface area contributed by atoms with Crippen LogP contribution in [0.1, 0.15) is 30.9 Å². The zero-order valence-electron chi connectivity index (χ0n) is 27.7. The van der Waals surface area contributed by atoms with Crippen LogP contribution in [0.2, 0.25) is 0 Å². The number of carbonyl (C=O) groups is 2. The molecule has 11 nitrogen and oxygen atoms in total. The van der Waals surface area contributed by atoms with Crippen molar-refractivity contribution in [3.8, 4) is 16.9 Å². The Hall–Kier alpha value is -4.32. The minimum absolute atomic E-state index is 0.0791. The van der Waals surface area contributed by atoms with Crippen LogP contribution in [0, 0.1) is 11.6 Å². The van der Waals surface area contributed by atoms with Crippen molar-refractivity contribution in [2.45, 2.75) is 43.2 Å². The number of carbonyl (C=O) groups excluding carboxylic acids is 2. The van der Waals surface area contributed by atoms with E-state index in [0.717, 1.165) is 23.2 Å². The van der Waals surface area contributed by atoms with Crippen LogP contribution in [0.15, 0.2) is 59.2 Å². The van der Waals surface area contributed by atoms with Crippen LogP contribution in [0.25, 0.3) is 11.1 Å². The molecule has 0 spiro atoms. The second-order valence-corrected chi connectivity index (χ2v) is 13.2. The summed E-state index contributed by atoms with van der Waals surface area (Å²) in [7, 11) is 0. The number of morpholine rings is 1. The molecule has 0 aliphatic carbocycles. The van der Waals surface area contributed by atoms with Gasteiger partial charge in [0, 0.05) is 61.0 Å². The Bertz CT molecular complexity index is 1840. The molecule has 2 aromatic carbocycles. The van der Waals surface area contributed by atoms with Gasteiger partial charge in [0.25, 0.3) is 11.8 Å². The molecule has 51 heavy (non-hydrogen) atoms. The smallest absolute Gasteiger partial charge is 0.416 e. The number of nitrogens with one attached hydrogen (secondary N) is 1. The van der Waals surface area contributed by atoms with E-state index in [1.165, 1.54) is 41.3 Å². The van der Waals surface area contributed by atoms with E-state index in [0.29, 0.717) is 50.8 Å². The SMILES string of the molecule is CSc1ncc(-c2cc(C(F)(F)F)ccc2NC(=O)C2=C(O)[C@@]3(C)CCCN3N(Cc3ccc(OCCN4CCOCC4)c(F)c3F)C2=O)cn1. The van der Waals surface area contributed by atoms with Gasteiger partial charge in [-0.3, -0.25) is 19.5 Å². The van der Waals surface area contributed by atoms with Crippen molar-refractivity contribution in [3.63, 3.8) is 0 Å². The molecule has 0 unspecified atom stereocenters. The van der Waals surface area contributed by atoms with Crippen molar-refractivity contribution in [2.24, 2.45) is 0 Å². The fourth-order valence-electron chi connectivity index (χ4n) is 6.44. The molecule has 2 N–H and O–H groups in total. The van der Waals surface area contributed by atoms with Gasteiger partial charge in [-0.15, -0.1) is 0 Å². The van der Waals surface area contributed by atoms with Crippen molar-refractivity contribution in [3.05, 3.63) is 76.8 Å². The number of rotatable bonds is 10. The molecule has 1 aromatic heterocycles. The number of hydrogen-bond acceptors (Lipinski definition) is 10. The number of halogens is 5. The van der Waals surface area contributed by atoms with Gasteiger partial charge >= 0.3 is 6.18 Å². The molecular formula is C34H35F5N6O5S. The van der Waals surface area contributed by atoms with Crippen LogP contribution >= 0.6 is 11.8 Å². The monoisotopic (exact) mass is 734 g/mol. The average Bonchev–Trinajstić information content (AvgIpc) is 3.52. The molecule has 3 aliphatic heterocycles. The highest BCUT2D eigenvalue weighted by molar-refractivity contribution is 7.98. The first kappa shape index (κ1) is 36.5. The van der Waals surface area contributed by atoms with E-state index in [1.54, 1.807) is 13.2 Å². The molecule has 1 atom stereocenters. The van der Waals surface area contributed by atoms with E-state index in [2.05, 4.69) is 20.2 Å². The van der Waals surface area contributed by atoms with E-state index in [4.69, 9.17) is 9.47 Å². The van der Waals surface area contributed by atoms with Crippen molar-refractivity contribution < 1.29 is 46.1 Å². The Morgan fingerprint density at radius 2 is 1.82 bits per heavy atom. The lowest BCUT2D eigenvalue weighted by Crippen LogP contribution is -2.60. The zero-order valence-corrected chi connectivity index (χ0v) is 28.5. The normalized spacial score (nSPS) is 20.1. The number of alkyl halides is 3. The number of aliphatic hydroxyl groups excluding tert-OH is 1. The standard InChI is InChI=1S/C34H35F5N6O5S/c1-33-8-3-9-45(33)44(19-20-4-7-25(28(36)27(20)35)50-15-12-43-10-13-49-14-11-43)31(48)26(29(33)46)30(47)42-24-6-5-22(34(37,38)39)16-23(24)21-17-40-32(51-2)41-18-21/h4-7,16-18,46H,3,8-15,19H2,1-2H3,(H,42,47)/t33-/m1/s1. The van der Waals surface area contributed by atoms with Gasteiger partial charge in [0.05, 0.1) is 30.9 Å². The number of hydrazine groups is 1. The number of hydrogen-bond donors (Lipinski definition) is 2. The number of benzene rings is 2. The first-order valence-corrected chi connectivity index (χ1v) is 17.4. The molecule has 2 amide bonds. The fourth-order valence-corrected chi connectivity index (χ4v) is 6.75. The van der Waals surface area contributed by atoms with Crippen molar-refractivity contribution in [1.29, 1.82) is 0 Å². The third kappa shape index (κ3) is 7.38. The summed E-state index contributed by atoms with van der Waals surface area (Å²) in [6.45, 7) is 4.57. The average molecular weight is 735 g/mol. The minimum atomic E-state index is -4.71. The number of fused-ring (bicyclic) bond motifs is 1. The second kappa shape index (κ2) is 14.7. The summed E-state index contributed by atoms with van der Waals surface area (Å²) in [6.07, 6.45) is 0.447. The number of amides is 2. The summed E-state index contributed by atoms with van der Waals surface area (Å²) in [5.41, 5.74) is -3.17. The first-order valence-electron chi connectivity index (χ1n) is 16.1. The van der Waals surface area contributed by atoms with E-state index in [9.17, 15) is 27.9 Å². The largest absolute Gasteiger partial charge is 0.509 e. The van der Waals surface area contributed by atoms with Gasteiger partial charge in [0.1, 0.15) is 17.9 Å². The lowest BCUT2D eigenvalue weighted by Gasteiger charge is -2.46. The number of ether oxygens (including phenoxy) is 2. The molecular weight excluding hydrogens is 699 g/mol. The van der Waals surface area contributed by atoms with Crippen LogP contribution in [0.4, 0.5) is 27.6 Å². The Balaban J connectivity index is 1.26. The summed E-state index contributed by atoms with van der Waals surface area (Å²) in [4.78, 5) is 38.2. The third-order valence-electron chi connectivity index (χ3n) is 9.25. The Kier molecular flexibility index (Phi) is 10.5. The summed E-state index contributed by atoms with van der Waals surface area (Å²) in [6, 6.07) is 5.19. The van der Waals surface area contributed by atoms with Gasteiger partial charge in [-0.05, 0) is 50.3 Å². The molecule has 0 saturated carbocycles. The molecule has 0 radical (unpaired) electrons. The Morgan fingerprint density at radius 3 is 2.51 bits per heavy atom. The third-order valence-corrected chi connectivity index (χ3v) is 9.83. The summed E-state index contributed by atoms with van der Waals surface area (Å²) in [5.74, 6) is -5.41. The molecule has 272 valence electrons. The maximum absolute atomic E-state index is 15.5. The van der Waals surface area contributed by atoms with Crippen LogP contribution in [-0.4, -0.2) is 99.6 Å². The molecule has 6 rings (SSSR count). The number of aromatic nitrogens is 2. The predicted molar refractivity (Wildman–Crippen MR) is 177 cm³/mol. The van der Waals surface area contributed by atoms with E-state index < -0.39 is 58.6 Å². The van der Waals surface area contributed by atoms with Gasteiger partial charge in [-0.2, -0.15) is 17.6 Å². The summed E-state index contributed by atoms with van der Waals surface area (Å²) < 4.78 is 82.6. The minimum Gasteiger partial charge on any atom is -0.509 e. The highest BCUT2D eigenvalue weighted by Gasteiger charge is 2.53. The van der Waals surface area contributed by atoms with Gasteiger partial charge < -0.3 is 19.9 Å². The van der Waals surface area contributed by atoms with Gasteiger partial charge in [0.2, 0.25) is 5.82 Å². The molecule has 17 heteroatoms. The van der Waals surface area contributed by atoms with E-state index in [1.807, 2.05) is 0 Å². The maximum atomic E-state index is 15.5. The number of anilines is 1. The Labute approximate surface area is 294 Å². The molecule has 3 aliphatic rings. The topological polar surface area (TPSA) is 120 Å². The quantitative estimate of drug-likeness (QED) is 0.121. The Morgan fingerprint density at radius 1 is 1.10 bits per heavy atom. The number of thioether (sulfide) groups is 1. The predicted octanol–water partition coefficient (Wildman–Crippen LogP) is 5.44. The number of nitrogens with zero attached hydrogens (tertiary/aromatic N) is 5. The van der Waals surface area contributed by atoms with Crippen LogP contribution in [0.5, 0.6) is 5.75 Å². The van der Waals surface area contributed by atoms with Gasteiger partial charge in [-0.1, -0.05) is 17.8 Å². The van der Waals surface area contributed by atoms with Gasteiger partial charge in [0.15, 0.2) is 16.7 Å². The zero-order chi connectivity index (χ0) is 36.5. The summed E-state index contributed by atoms with van der Waals surface area (Å²) in [5, 5.41) is 16.9.